The van der Waals surface area contributed by atoms with Gasteiger partial charge in [-0.1, -0.05) is 24.3 Å². The third-order valence-corrected chi connectivity index (χ3v) is 4.63. The van der Waals surface area contributed by atoms with Gasteiger partial charge in [-0.15, -0.1) is 0 Å². The van der Waals surface area contributed by atoms with E-state index in [9.17, 15) is 9.59 Å². The van der Waals surface area contributed by atoms with Crippen LogP contribution in [0.3, 0.4) is 0 Å². The van der Waals surface area contributed by atoms with E-state index in [1.807, 2.05) is 68.4 Å². The van der Waals surface area contributed by atoms with E-state index in [4.69, 9.17) is 0 Å². The molecule has 1 aliphatic heterocycles. The highest BCUT2D eigenvalue weighted by Gasteiger charge is 2.36. The second kappa shape index (κ2) is 6.53. The zero-order valence-corrected chi connectivity index (χ0v) is 14.6. The topological polar surface area (TPSA) is 40.6 Å². The maximum Gasteiger partial charge on any atom is 0.298 e. The highest BCUT2D eigenvalue weighted by Crippen LogP contribution is 2.36. The van der Waals surface area contributed by atoms with Crippen LogP contribution in [0.15, 0.2) is 53.4 Å². The number of imide groups is 1. The Hall–Kier alpha value is -2.53. The highest BCUT2D eigenvalue weighted by molar-refractivity contribution is 8.19. The van der Waals surface area contributed by atoms with Crippen molar-refractivity contribution in [2.24, 2.45) is 0 Å². The normalized spacial score (nSPS) is 16.1. The molecular weight excluding hydrogens is 320 g/mol. The molecule has 3 rings (SSSR count). The monoisotopic (exact) mass is 338 g/mol. The first-order chi connectivity index (χ1) is 11.5. The van der Waals surface area contributed by atoms with Gasteiger partial charge < -0.3 is 4.90 Å². The molecule has 0 aliphatic carbocycles. The summed E-state index contributed by atoms with van der Waals surface area (Å²) in [6, 6.07) is 15.2. The predicted octanol–water partition coefficient (Wildman–Crippen LogP) is 4.30. The van der Waals surface area contributed by atoms with E-state index >= 15 is 0 Å². The first kappa shape index (κ1) is 16.3. The lowest BCUT2D eigenvalue weighted by atomic mass is 10.1. The van der Waals surface area contributed by atoms with Gasteiger partial charge in [-0.05, 0) is 60.2 Å². The van der Waals surface area contributed by atoms with Crippen LogP contribution in [0.1, 0.15) is 11.1 Å². The third-order valence-electron chi connectivity index (χ3n) is 3.76. The molecule has 2 amide bonds. The Balaban J connectivity index is 1.88. The van der Waals surface area contributed by atoms with Gasteiger partial charge in [-0.25, -0.2) is 4.90 Å². The van der Waals surface area contributed by atoms with Gasteiger partial charge in [0.1, 0.15) is 0 Å². The SMILES string of the molecule is Cc1cccc(N2C(=O)SC(=Cc3ccc(N(C)C)cc3)C2=O)c1. The molecule has 24 heavy (non-hydrogen) atoms. The first-order valence-electron chi connectivity index (χ1n) is 7.58. The predicted molar refractivity (Wildman–Crippen MR) is 100 cm³/mol. The molecule has 2 aromatic carbocycles. The molecule has 0 unspecified atom stereocenters. The summed E-state index contributed by atoms with van der Waals surface area (Å²) in [4.78, 5) is 28.6. The first-order valence-corrected chi connectivity index (χ1v) is 8.39. The Labute approximate surface area is 145 Å². The number of aryl methyl sites for hydroxylation is 1. The lowest BCUT2D eigenvalue weighted by Gasteiger charge is -2.13. The van der Waals surface area contributed by atoms with Gasteiger partial charge in [0, 0.05) is 19.8 Å². The van der Waals surface area contributed by atoms with Crippen LogP contribution in [0.5, 0.6) is 0 Å². The van der Waals surface area contributed by atoms with E-state index in [0.717, 1.165) is 28.6 Å². The number of nitrogens with zero attached hydrogens (tertiary/aromatic N) is 2. The smallest absolute Gasteiger partial charge is 0.298 e. The number of benzene rings is 2. The number of hydrogen-bond acceptors (Lipinski definition) is 4. The molecule has 0 saturated carbocycles. The molecule has 4 nitrogen and oxygen atoms in total. The minimum Gasteiger partial charge on any atom is -0.378 e. The van der Waals surface area contributed by atoms with E-state index in [-0.39, 0.29) is 11.1 Å². The summed E-state index contributed by atoms with van der Waals surface area (Å²) in [5.74, 6) is -0.271. The number of anilines is 2. The third kappa shape index (κ3) is 3.21. The van der Waals surface area contributed by atoms with Gasteiger partial charge >= 0.3 is 0 Å². The Morgan fingerprint density at radius 2 is 1.75 bits per heavy atom. The minimum absolute atomic E-state index is 0.262. The van der Waals surface area contributed by atoms with Crippen LogP contribution in [-0.2, 0) is 4.79 Å². The molecule has 0 radical (unpaired) electrons. The van der Waals surface area contributed by atoms with Gasteiger partial charge in [0.15, 0.2) is 0 Å². The molecule has 0 atom stereocenters. The van der Waals surface area contributed by atoms with Gasteiger partial charge in [0.05, 0.1) is 10.6 Å². The quantitative estimate of drug-likeness (QED) is 0.782. The molecule has 0 spiro atoms. The maximum absolute atomic E-state index is 12.6. The zero-order chi connectivity index (χ0) is 17.3. The number of carbonyl (C=O) groups is 2. The largest absolute Gasteiger partial charge is 0.378 e. The molecule has 0 aromatic heterocycles. The van der Waals surface area contributed by atoms with Crippen molar-refractivity contribution in [2.45, 2.75) is 6.92 Å². The summed E-state index contributed by atoms with van der Waals surface area (Å²) in [6.45, 7) is 1.94. The van der Waals surface area contributed by atoms with Crippen molar-refractivity contribution in [1.29, 1.82) is 0 Å². The molecule has 0 N–H and O–H groups in total. The van der Waals surface area contributed by atoms with Crippen LogP contribution in [0.25, 0.3) is 6.08 Å². The lowest BCUT2D eigenvalue weighted by Crippen LogP contribution is -2.27. The molecule has 1 fully saturated rings. The van der Waals surface area contributed by atoms with Crippen molar-refractivity contribution >= 4 is 40.4 Å². The fourth-order valence-electron chi connectivity index (χ4n) is 2.48. The van der Waals surface area contributed by atoms with E-state index in [1.54, 1.807) is 12.1 Å². The lowest BCUT2D eigenvalue weighted by molar-refractivity contribution is -0.113. The van der Waals surface area contributed by atoms with Crippen molar-refractivity contribution in [1.82, 2.24) is 0 Å². The standard InChI is InChI=1S/C19H18N2O2S/c1-13-5-4-6-16(11-13)21-18(22)17(24-19(21)23)12-14-7-9-15(10-8-14)20(2)3/h4-12H,1-3H3. The Morgan fingerprint density at radius 1 is 1.04 bits per heavy atom. The summed E-state index contributed by atoms with van der Waals surface area (Å²) in [5.41, 5.74) is 3.61. The summed E-state index contributed by atoms with van der Waals surface area (Å²) >= 11 is 0.976. The molecule has 1 saturated heterocycles. The van der Waals surface area contributed by atoms with E-state index in [2.05, 4.69) is 0 Å². The summed E-state index contributed by atoms with van der Waals surface area (Å²) < 4.78 is 0. The van der Waals surface area contributed by atoms with Gasteiger partial charge in [-0.3, -0.25) is 9.59 Å². The van der Waals surface area contributed by atoms with Crippen LogP contribution < -0.4 is 9.80 Å². The van der Waals surface area contributed by atoms with Crippen molar-refractivity contribution in [2.75, 3.05) is 23.9 Å². The second-order valence-corrected chi connectivity index (χ2v) is 6.84. The summed E-state index contributed by atoms with van der Waals surface area (Å²) in [7, 11) is 3.95. The van der Waals surface area contributed by atoms with Crippen molar-refractivity contribution in [3.05, 3.63) is 64.6 Å². The van der Waals surface area contributed by atoms with Crippen LogP contribution >= 0.6 is 11.8 Å². The fourth-order valence-corrected chi connectivity index (χ4v) is 3.32. The maximum atomic E-state index is 12.6. The molecular formula is C19H18N2O2S. The highest BCUT2D eigenvalue weighted by atomic mass is 32.2. The molecule has 2 aromatic rings. The van der Waals surface area contributed by atoms with Crippen molar-refractivity contribution in [3.63, 3.8) is 0 Å². The Kier molecular flexibility index (Phi) is 4.44. The fraction of sp³-hybridized carbons (Fsp3) is 0.158. The van der Waals surface area contributed by atoms with Crippen LogP contribution in [0.4, 0.5) is 16.2 Å². The minimum atomic E-state index is -0.271. The summed E-state index contributed by atoms with van der Waals surface area (Å²) in [5, 5.41) is -0.262. The van der Waals surface area contributed by atoms with E-state index < -0.39 is 0 Å². The van der Waals surface area contributed by atoms with Crippen molar-refractivity contribution < 1.29 is 9.59 Å². The Morgan fingerprint density at radius 3 is 2.38 bits per heavy atom. The second-order valence-electron chi connectivity index (χ2n) is 5.84. The number of amides is 2. The van der Waals surface area contributed by atoms with Gasteiger partial charge in [0.25, 0.3) is 11.1 Å². The van der Waals surface area contributed by atoms with E-state index in [0.29, 0.717) is 10.6 Å². The van der Waals surface area contributed by atoms with E-state index in [1.165, 1.54) is 4.90 Å². The number of hydrogen-bond donors (Lipinski definition) is 0. The molecule has 1 aliphatic rings. The zero-order valence-electron chi connectivity index (χ0n) is 13.8. The van der Waals surface area contributed by atoms with Crippen molar-refractivity contribution in [3.8, 4) is 0 Å². The number of carbonyl (C=O) groups excluding carboxylic acids is 2. The molecule has 0 bridgehead atoms. The van der Waals surface area contributed by atoms with Crippen LogP contribution in [-0.4, -0.2) is 25.2 Å². The molecule has 122 valence electrons. The van der Waals surface area contributed by atoms with Gasteiger partial charge in [-0.2, -0.15) is 0 Å². The average Bonchev–Trinajstić information content (AvgIpc) is 2.82. The van der Waals surface area contributed by atoms with Crippen LogP contribution in [0.2, 0.25) is 0 Å². The average molecular weight is 338 g/mol. The van der Waals surface area contributed by atoms with Gasteiger partial charge in [0.2, 0.25) is 0 Å². The molecule has 1 heterocycles. The van der Waals surface area contributed by atoms with Crippen LogP contribution in [0, 0.1) is 6.92 Å². The Bertz CT molecular complexity index is 826. The summed E-state index contributed by atoms with van der Waals surface area (Å²) in [6.07, 6.45) is 1.76. The molecule has 5 heteroatoms. The number of thioether (sulfide) groups is 1. The number of rotatable bonds is 3.